The molecule has 9 radical (unpaired) electrons. The van der Waals surface area contributed by atoms with Crippen molar-refractivity contribution in [2.45, 2.75) is 195 Å². The molecule has 0 heterocycles. The van der Waals surface area contributed by atoms with Crippen molar-refractivity contribution in [1.82, 2.24) is 0 Å². The minimum Gasteiger partial charge on any atom is -0.358 e. The topological polar surface area (TPSA) is 0 Å². The van der Waals surface area contributed by atoms with E-state index < -0.39 is 0 Å². The normalized spacial score (nSPS) is 14.0. The van der Waals surface area contributed by atoms with Crippen molar-refractivity contribution in [2.24, 2.45) is 29.6 Å². The molecule has 7 aromatic rings. The summed E-state index contributed by atoms with van der Waals surface area (Å²) in [5.41, 5.74) is 31.5. The van der Waals surface area contributed by atoms with Gasteiger partial charge in [-0.1, -0.05) is 205 Å². The Labute approximate surface area is 805 Å². The Bertz CT molecular complexity index is 2970. The van der Waals surface area contributed by atoms with Crippen LogP contribution in [0.25, 0.3) is 21.9 Å². The second-order valence-electron chi connectivity index (χ2n) is 23.8. The summed E-state index contributed by atoms with van der Waals surface area (Å²) >= 11 is 0. The fraction of sp³-hybridized carbons (Fsp3) is 0.379. The molecule has 1 atom stereocenters. The number of allylic oxidation sites excluding steroid dienone is 6. The molecule has 0 bridgehead atoms. The van der Waals surface area contributed by atoms with E-state index in [9.17, 15) is 0 Å². The molecule has 0 nitrogen and oxygen atoms in total. The first-order valence-corrected chi connectivity index (χ1v) is 28.8. The minimum atomic E-state index is 0. The van der Waals surface area contributed by atoms with Gasteiger partial charge in [0.25, 0.3) is 0 Å². The Balaban J connectivity index is -0.0000000556. The molecule has 96 heavy (non-hydrogen) atoms. The largest absolute Gasteiger partial charge is 0.358 e. The molecular weight excluding hydrogens is 1770 g/mol. The maximum atomic E-state index is 2.36. The predicted octanol–water partition coefficient (Wildman–Crippen LogP) is 26.1. The van der Waals surface area contributed by atoms with E-state index in [1.807, 2.05) is 0 Å². The molecule has 1 fully saturated rings. The van der Waals surface area contributed by atoms with E-state index in [0.29, 0.717) is 5.92 Å². The van der Waals surface area contributed by atoms with Gasteiger partial charge >= 0.3 is 0 Å². The van der Waals surface area contributed by atoms with Crippen LogP contribution in [0.15, 0.2) is 144 Å². The molecule has 0 N–H and O–H groups in total. The summed E-state index contributed by atoms with van der Waals surface area (Å²) in [6.07, 6.45) is 7.98. The molecule has 0 spiro atoms. The number of fused-ring (bicyclic) bond motifs is 1. The molecule has 7 aromatic carbocycles. The Kier molecular flexibility index (Phi) is 98.4. The maximum absolute atomic E-state index is 2.36. The zero-order valence-corrected chi connectivity index (χ0v) is 88.1. The van der Waals surface area contributed by atoms with E-state index in [0.717, 1.165) is 23.7 Å². The van der Waals surface area contributed by atoms with Crippen molar-refractivity contribution in [3.63, 3.8) is 0 Å². The van der Waals surface area contributed by atoms with Crippen LogP contribution in [0, 0.1) is 200 Å². The minimum absolute atomic E-state index is 0. The molecule has 1 saturated carbocycles. The van der Waals surface area contributed by atoms with Gasteiger partial charge < -0.3 is 59.4 Å². The van der Waals surface area contributed by atoms with E-state index in [1.165, 1.54) is 145 Å². The molecule has 1 unspecified atom stereocenters. The van der Waals surface area contributed by atoms with Crippen molar-refractivity contribution in [3.8, 4) is 11.1 Å². The molecule has 2 aliphatic rings. The van der Waals surface area contributed by atoms with Crippen LogP contribution < -0.4 is 10.9 Å². The monoisotopic (exact) mass is 1900 g/mol. The van der Waals surface area contributed by atoms with Gasteiger partial charge in [0.15, 0.2) is 7.28 Å². The van der Waals surface area contributed by atoms with E-state index in [4.69, 9.17) is 0 Å². The van der Waals surface area contributed by atoms with Crippen LogP contribution in [0.5, 0.6) is 0 Å². The maximum Gasteiger partial charge on any atom is 0.191 e. The third-order valence-corrected chi connectivity index (χ3v) is 18.1. The summed E-state index contributed by atoms with van der Waals surface area (Å²) in [4.78, 5) is 0. The predicted molar refractivity (Wildman–Crippen MR) is 419 cm³/mol. The van der Waals surface area contributed by atoms with E-state index in [1.54, 1.807) is 0 Å². The van der Waals surface area contributed by atoms with Crippen molar-refractivity contribution in [1.29, 1.82) is 0 Å². The zero-order valence-electron chi connectivity index (χ0n) is 65.4. The second kappa shape index (κ2) is 68.4. The number of hydrogen-bond donors (Lipinski definition) is 0. The van der Waals surface area contributed by atoms with Crippen LogP contribution in [0.2, 0.25) is 0 Å². The fourth-order valence-electron chi connectivity index (χ4n) is 9.91. The van der Waals surface area contributed by atoms with Gasteiger partial charge in [0.05, 0.1) is 0 Å². The number of benzene rings is 7. The smallest absolute Gasteiger partial charge is 0.191 e. The standard InChI is InChI=1S/C16H18B.C16H18.C14H16.C12H18.C10H14.C8H16.3CH4.8CH3.8Y/c1-11-5-7-15(9-13(11)3)17-16-8-6-12(2)14(4)10-16;1-11-5-7-15(9-13(11)3)16-8-6-12(2)14(4)10-16;1-9-5-13-7-11(3)12(4)8-14(13)6-10(9)2;1-5-9(2)12-7-6-10(3)11(4)8-12;1-7-5-9(3)10(4)6-8(7)2;1-5-6(2)8(4)7(5)3;;;;;;;;;;;;;;;;;;;/h5-10H,1-4H3;5-10H,1-4H3;5-8H,1-4H3;5-7,12H,8H2,1-4H3;5-6H,1-4H3;5-8H,1-4H3;3*1H4;8*1H3;;;;;;;;/q;;;;;;;;;8*-1;;;;;;;;/b;;;9-5+;;;;;;;;;;;;;;;;;;;;;. The Hall–Kier alpha value is 2.92. The van der Waals surface area contributed by atoms with Crippen LogP contribution >= 0.6 is 0 Å². The average molecular weight is 1900 g/mol. The number of rotatable bonds is 4. The molecule has 9 rings (SSSR count). The summed E-state index contributed by atoms with van der Waals surface area (Å²) in [6, 6.07) is 40.1. The van der Waals surface area contributed by atoms with Crippen molar-refractivity contribution in [3.05, 3.63) is 293 Å². The third kappa shape index (κ3) is 44.3. The van der Waals surface area contributed by atoms with Gasteiger partial charge in [-0.15, -0.1) is 0 Å². The number of aryl methyl sites for hydroxylation is 16. The van der Waals surface area contributed by atoms with E-state index in [2.05, 4.69) is 301 Å². The van der Waals surface area contributed by atoms with Gasteiger partial charge in [-0.2, -0.15) is 0 Å². The first kappa shape index (κ1) is 138. The molecule has 519 valence electrons. The molecule has 0 aromatic heterocycles. The Morgan fingerprint density at radius 1 is 0.323 bits per heavy atom. The van der Waals surface area contributed by atoms with Gasteiger partial charge in [0, 0.05) is 268 Å². The fourth-order valence-corrected chi connectivity index (χ4v) is 9.91. The molecule has 0 amide bonds. The third-order valence-electron chi connectivity index (χ3n) is 18.1. The quantitative estimate of drug-likeness (QED) is 0.0936. The van der Waals surface area contributed by atoms with Gasteiger partial charge in [-0.05, 0) is 279 Å². The SMILES string of the molecule is C.C.C.C/C=C(\C)C1C=CC(C)=C(C)C1.CC1C(C)C(C)C1C.Cc1cc(C)c(C)cc1C.Cc1cc2cc(C)c(C)cc2cc1C.Cc1ccc(-c2ccc(C)c(C)c2)cc1C.Cc1ccc([B]c2ccc(C)c(C)c2)cc1C.[CH3-].[CH3-].[CH3-].[CH3-].[CH3-].[CH3-].[CH3-].[CH3-].[Y].[Y].[Y].[Y].[Y].[Y].[Y].[Y]. The summed E-state index contributed by atoms with van der Waals surface area (Å²) in [5, 5.41) is 2.72. The van der Waals surface area contributed by atoms with Gasteiger partial charge in [-0.3, -0.25) is 0 Å². The first-order chi connectivity index (χ1) is 36.1. The van der Waals surface area contributed by atoms with E-state index >= 15 is 0 Å². The van der Waals surface area contributed by atoms with Crippen LogP contribution in [0.4, 0.5) is 0 Å². The van der Waals surface area contributed by atoms with Crippen LogP contribution in [-0.2, 0) is 262 Å². The Morgan fingerprint density at radius 2 is 0.552 bits per heavy atom. The molecule has 0 saturated heterocycles. The molecule has 0 aliphatic heterocycles. The van der Waals surface area contributed by atoms with E-state index in [-0.39, 0.29) is 343 Å². The average Bonchev–Trinajstić information content (AvgIpc) is 3.39. The molecule has 9 heteroatoms. The van der Waals surface area contributed by atoms with Crippen LogP contribution in [0.3, 0.4) is 0 Å². The summed E-state index contributed by atoms with van der Waals surface area (Å²) in [7, 11) is 2.24. The van der Waals surface area contributed by atoms with Crippen LogP contribution in [-0.4, -0.2) is 7.28 Å². The van der Waals surface area contributed by atoms with Gasteiger partial charge in [0.2, 0.25) is 0 Å². The van der Waals surface area contributed by atoms with Gasteiger partial charge in [0.1, 0.15) is 0 Å². The van der Waals surface area contributed by atoms with Crippen molar-refractivity contribution < 1.29 is 262 Å². The van der Waals surface area contributed by atoms with Crippen LogP contribution in [0.1, 0.15) is 173 Å². The molecular formula is C87H136BY8-8. The van der Waals surface area contributed by atoms with Crippen molar-refractivity contribution >= 4 is 29.0 Å². The Morgan fingerprint density at radius 3 is 0.781 bits per heavy atom. The summed E-state index contributed by atoms with van der Waals surface area (Å²) < 4.78 is 0. The molecule has 2 aliphatic carbocycles. The zero-order chi connectivity index (χ0) is 57.6. The summed E-state index contributed by atoms with van der Waals surface area (Å²) in [6.45, 7) is 52.7. The first-order valence-electron chi connectivity index (χ1n) is 28.8. The number of hydrogen-bond acceptors (Lipinski definition) is 0. The summed E-state index contributed by atoms with van der Waals surface area (Å²) in [5.74, 6) is 4.56. The van der Waals surface area contributed by atoms with Crippen molar-refractivity contribution in [2.75, 3.05) is 0 Å². The van der Waals surface area contributed by atoms with Gasteiger partial charge in [-0.25, -0.2) is 0 Å². The second-order valence-corrected chi connectivity index (χ2v) is 23.8.